The third-order valence-electron chi connectivity index (χ3n) is 2.79. The molecule has 21 heavy (non-hydrogen) atoms. The van der Waals surface area contributed by atoms with Gasteiger partial charge in [-0.3, -0.25) is 4.79 Å². The van der Waals surface area contributed by atoms with Crippen LogP contribution in [0.3, 0.4) is 0 Å². The van der Waals surface area contributed by atoms with Gasteiger partial charge in [-0.25, -0.2) is 0 Å². The zero-order valence-corrected chi connectivity index (χ0v) is 13.4. The first-order valence-corrected chi connectivity index (χ1v) is 7.55. The Morgan fingerprint density at radius 1 is 1.33 bits per heavy atom. The first kappa shape index (κ1) is 15.4. The van der Waals surface area contributed by atoms with Gasteiger partial charge in [0.2, 0.25) is 11.0 Å². The lowest BCUT2D eigenvalue weighted by atomic mass is 10.2. The van der Waals surface area contributed by atoms with Crippen LogP contribution < -0.4 is 5.32 Å². The van der Waals surface area contributed by atoms with Crippen molar-refractivity contribution in [2.75, 3.05) is 12.4 Å². The number of nitrogens with one attached hydrogen (secondary N) is 1. The van der Waals surface area contributed by atoms with E-state index >= 15 is 0 Å². The summed E-state index contributed by atoms with van der Waals surface area (Å²) >= 11 is 6.58. The van der Waals surface area contributed by atoms with Gasteiger partial charge in [0.1, 0.15) is 0 Å². The van der Waals surface area contributed by atoms with Crippen LogP contribution in [0.5, 0.6) is 0 Å². The molecule has 2 rings (SSSR count). The van der Waals surface area contributed by atoms with Crippen molar-refractivity contribution >= 4 is 46.3 Å². The number of ether oxygens (including phenoxy) is 1. The molecule has 0 fully saturated rings. The Morgan fingerprint density at radius 2 is 2.05 bits per heavy atom. The number of benzene rings is 1. The summed E-state index contributed by atoms with van der Waals surface area (Å²) in [5, 5.41) is 3.28. The van der Waals surface area contributed by atoms with E-state index in [-0.39, 0.29) is 5.91 Å². The first-order chi connectivity index (χ1) is 10.1. The highest BCUT2D eigenvalue weighted by molar-refractivity contribution is 7.80. The Hall–Kier alpha value is -1.98. The maximum Gasteiger partial charge on any atom is 0.248 e. The highest BCUT2D eigenvalue weighted by Gasteiger charge is 2.10. The molecule has 0 aliphatic carbocycles. The van der Waals surface area contributed by atoms with E-state index in [1.165, 1.54) is 24.5 Å². The highest BCUT2D eigenvalue weighted by atomic mass is 32.1. The predicted molar refractivity (Wildman–Crippen MR) is 91.9 cm³/mol. The third kappa shape index (κ3) is 4.24. The highest BCUT2D eigenvalue weighted by Crippen LogP contribution is 2.27. The Bertz CT molecular complexity index is 675. The number of amides is 1. The van der Waals surface area contributed by atoms with E-state index in [9.17, 15) is 4.79 Å². The summed E-state index contributed by atoms with van der Waals surface area (Å²) in [7, 11) is 1.54. The number of methoxy groups -OCH3 is 1. The molecule has 0 bridgehead atoms. The van der Waals surface area contributed by atoms with Crippen LogP contribution >= 0.6 is 23.6 Å². The minimum absolute atomic E-state index is 0.172. The Labute approximate surface area is 133 Å². The van der Waals surface area contributed by atoms with Gasteiger partial charge in [0.05, 0.1) is 17.7 Å². The van der Waals surface area contributed by atoms with Gasteiger partial charge in [0.15, 0.2) is 0 Å². The standard InChI is InChI=1S/C16H15NO2S2/c1-11-13(10-14(21-11)16(20)19-2)17-15(18)9-8-12-6-4-3-5-7-12/h3-10H,1-2H3,(H,17,18). The van der Waals surface area contributed by atoms with Crippen molar-refractivity contribution in [2.24, 2.45) is 0 Å². The van der Waals surface area contributed by atoms with Crippen LogP contribution in [0.4, 0.5) is 5.69 Å². The number of thiophene rings is 1. The largest absolute Gasteiger partial charge is 0.486 e. The monoisotopic (exact) mass is 317 g/mol. The first-order valence-electron chi connectivity index (χ1n) is 6.33. The average Bonchev–Trinajstić information content (AvgIpc) is 2.86. The molecular formula is C16H15NO2S2. The van der Waals surface area contributed by atoms with E-state index in [0.29, 0.717) is 5.05 Å². The van der Waals surface area contributed by atoms with Crippen molar-refractivity contribution in [3.63, 3.8) is 0 Å². The lowest BCUT2D eigenvalue weighted by Crippen LogP contribution is -2.07. The Morgan fingerprint density at radius 3 is 2.71 bits per heavy atom. The molecule has 0 atom stereocenters. The Kier molecular flexibility index (Phi) is 5.25. The molecule has 5 heteroatoms. The van der Waals surface area contributed by atoms with Crippen LogP contribution in [0, 0.1) is 6.92 Å². The molecule has 0 spiro atoms. The summed E-state index contributed by atoms with van der Waals surface area (Å²) < 4.78 is 5.03. The minimum atomic E-state index is -0.172. The van der Waals surface area contributed by atoms with Crippen molar-refractivity contribution in [3.8, 4) is 0 Å². The molecule has 1 N–H and O–H groups in total. The molecule has 3 nitrogen and oxygen atoms in total. The number of hydrogen-bond donors (Lipinski definition) is 1. The number of aryl methyl sites for hydroxylation is 1. The second kappa shape index (κ2) is 7.15. The lowest BCUT2D eigenvalue weighted by molar-refractivity contribution is -0.111. The molecule has 1 amide bonds. The molecule has 1 aromatic heterocycles. The molecule has 0 aliphatic rings. The van der Waals surface area contributed by atoms with Crippen molar-refractivity contribution in [1.29, 1.82) is 0 Å². The van der Waals surface area contributed by atoms with Crippen LogP contribution in [0.2, 0.25) is 0 Å². The lowest BCUT2D eigenvalue weighted by Gasteiger charge is -2.00. The van der Waals surface area contributed by atoms with Gasteiger partial charge in [-0.1, -0.05) is 30.3 Å². The van der Waals surface area contributed by atoms with Crippen LogP contribution in [-0.4, -0.2) is 18.1 Å². The predicted octanol–water partition coefficient (Wildman–Crippen LogP) is 4.03. The molecule has 0 saturated carbocycles. The van der Waals surface area contributed by atoms with Crippen molar-refractivity contribution in [1.82, 2.24) is 0 Å². The average molecular weight is 317 g/mol. The summed E-state index contributed by atoms with van der Waals surface area (Å²) in [4.78, 5) is 13.8. The van der Waals surface area contributed by atoms with Crippen molar-refractivity contribution in [3.05, 3.63) is 57.8 Å². The van der Waals surface area contributed by atoms with E-state index in [2.05, 4.69) is 5.32 Å². The van der Waals surface area contributed by atoms with E-state index in [0.717, 1.165) is 21.0 Å². The normalized spacial score (nSPS) is 10.6. The van der Waals surface area contributed by atoms with E-state index in [4.69, 9.17) is 17.0 Å². The van der Waals surface area contributed by atoms with E-state index < -0.39 is 0 Å². The number of carbonyl (C=O) groups is 1. The van der Waals surface area contributed by atoms with E-state index in [1.54, 1.807) is 6.08 Å². The van der Waals surface area contributed by atoms with Crippen molar-refractivity contribution in [2.45, 2.75) is 6.92 Å². The summed E-state index contributed by atoms with van der Waals surface area (Å²) in [6.07, 6.45) is 3.29. The van der Waals surface area contributed by atoms with Crippen LogP contribution in [0.25, 0.3) is 6.08 Å². The summed E-state index contributed by atoms with van der Waals surface area (Å²) in [6.45, 7) is 1.93. The molecular weight excluding hydrogens is 302 g/mol. The second-order valence-electron chi connectivity index (χ2n) is 4.31. The zero-order chi connectivity index (χ0) is 15.2. The number of rotatable bonds is 4. The topological polar surface area (TPSA) is 38.3 Å². The SMILES string of the molecule is COC(=S)c1cc(NC(=O)C=Cc2ccccc2)c(C)s1. The number of anilines is 1. The quantitative estimate of drug-likeness (QED) is 0.683. The molecule has 0 saturated heterocycles. The fourth-order valence-electron chi connectivity index (χ4n) is 1.72. The minimum Gasteiger partial charge on any atom is -0.486 e. The van der Waals surface area contributed by atoms with Crippen LogP contribution in [0.1, 0.15) is 15.3 Å². The molecule has 1 aromatic carbocycles. The summed E-state index contributed by atoms with van der Waals surface area (Å²) in [5.74, 6) is -0.172. The maximum absolute atomic E-state index is 11.9. The fraction of sp³-hybridized carbons (Fsp3) is 0.125. The molecule has 108 valence electrons. The summed E-state index contributed by atoms with van der Waals surface area (Å²) in [5.41, 5.74) is 1.74. The fourth-order valence-corrected chi connectivity index (χ4v) is 2.79. The zero-order valence-electron chi connectivity index (χ0n) is 11.8. The van der Waals surface area contributed by atoms with Crippen LogP contribution in [-0.2, 0) is 9.53 Å². The van der Waals surface area contributed by atoms with E-state index in [1.807, 2.05) is 43.3 Å². The van der Waals surface area contributed by atoms with Crippen LogP contribution in [0.15, 0.2) is 42.5 Å². The molecule has 1 heterocycles. The maximum atomic E-state index is 11.9. The van der Waals surface area contributed by atoms with Crippen molar-refractivity contribution < 1.29 is 9.53 Å². The molecule has 0 unspecified atom stereocenters. The molecule has 0 aliphatic heterocycles. The van der Waals surface area contributed by atoms with Gasteiger partial charge in [-0.2, -0.15) is 0 Å². The number of hydrogen-bond acceptors (Lipinski definition) is 4. The molecule has 2 aromatic rings. The van der Waals surface area contributed by atoms with Gasteiger partial charge < -0.3 is 10.1 Å². The number of carbonyl (C=O) groups excluding carboxylic acids is 1. The Balaban J connectivity index is 2.05. The second-order valence-corrected chi connectivity index (χ2v) is 5.93. The van der Waals surface area contributed by atoms with Gasteiger partial charge in [0, 0.05) is 11.0 Å². The summed E-state index contributed by atoms with van der Waals surface area (Å²) in [6, 6.07) is 11.5. The van der Waals surface area contributed by atoms with Gasteiger partial charge in [-0.15, -0.1) is 11.3 Å². The van der Waals surface area contributed by atoms with Gasteiger partial charge in [0.25, 0.3) is 0 Å². The molecule has 0 radical (unpaired) electrons. The van der Waals surface area contributed by atoms with Gasteiger partial charge in [-0.05, 0) is 36.8 Å². The number of thiocarbonyl (C=S) groups is 1. The smallest absolute Gasteiger partial charge is 0.248 e. The van der Waals surface area contributed by atoms with Gasteiger partial charge >= 0.3 is 0 Å². The third-order valence-corrected chi connectivity index (χ3v) is 4.35.